The van der Waals surface area contributed by atoms with E-state index in [1.807, 2.05) is 4.90 Å². The Labute approximate surface area is 218 Å². The second kappa shape index (κ2) is 8.80. The highest BCUT2D eigenvalue weighted by Gasteiger charge is 2.68. The zero-order chi connectivity index (χ0) is 27.8. The van der Waals surface area contributed by atoms with Crippen molar-refractivity contribution in [3.63, 3.8) is 0 Å². The number of nitrogens with zero attached hydrogens (tertiary/aromatic N) is 2. The lowest BCUT2D eigenvalue weighted by Gasteiger charge is -2.53. The number of carbonyl (C=O) groups excluding carboxylic acids is 3. The number of hydrogen-bond acceptors (Lipinski definition) is 11. The number of carbonyl (C=O) groups is 3. The highest BCUT2D eigenvalue weighted by atomic mass is 16.5. The summed E-state index contributed by atoms with van der Waals surface area (Å²) in [5.41, 5.74) is 1.91. The van der Waals surface area contributed by atoms with E-state index in [1.54, 1.807) is 19.1 Å². The highest BCUT2D eigenvalue weighted by Crippen LogP contribution is 2.56. The fraction of sp³-hybridized carbons (Fsp3) is 0.500. The monoisotopic (exact) mass is 529 g/mol. The van der Waals surface area contributed by atoms with Crippen LogP contribution in [0.1, 0.15) is 24.0 Å². The maximum Gasteiger partial charge on any atom is 0.255 e. The van der Waals surface area contributed by atoms with Crippen molar-refractivity contribution >= 4 is 28.9 Å². The Hall–Kier alpha value is -3.45. The first-order valence-electron chi connectivity index (χ1n) is 12.4. The predicted octanol–water partition coefficient (Wildman–Crippen LogP) is -0.668. The third kappa shape index (κ3) is 3.27. The number of likely N-dealkylation sites (N-methyl/N-ethyl adjacent to an activating group) is 1. The molecule has 1 saturated heterocycles. The van der Waals surface area contributed by atoms with Gasteiger partial charge in [0.1, 0.15) is 22.8 Å². The SMILES string of the molecule is C[C@@H]1c2ccc(N3CCOCC3)c(O)c2C(O)=C2C(=O)[C@]3(O)C(O)=C(C(N)=O)C(=O)[C@H](N(C)C)[C@H]3[C@H](O)[C@H]21. The lowest BCUT2D eigenvalue weighted by molar-refractivity contribution is -0.169. The molecule has 204 valence electrons. The van der Waals surface area contributed by atoms with Crippen LogP contribution in [-0.2, 0) is 19.1 Å². The largest absolute Gasteiger partial charge is 0.508 e. The lowest BCUT2D eigenvalue weighted by Crippen LogP contribution is -2.70. The fourth-order valence-electron chi connectivity index (χ4n) is 6.66. The maximum absolute atomic E-state index is 14.0. The van der Waals surface area contributed by atoms with E-state index in [9.17, 15) is 39.9 Å². The van der Waals surface area contributed by atoms with Crippen molar-refractivity contribution in [1.29, 1.82) is 0 Å². The summed E-state index contributed by atoms with van der Waals surface area (Å²) in [6.45, 7) is 3.58. The van der Waals surface area contributed by atoms with Crippen LogP contribution in [-0.4, -0.2) is 106 Å². The molecular formula is C26H31N3O9. The van der Waals surface area contributed by atoms with Gasteiger partial charge in [-0.2, -0.15) is 0 Å². The molecule has 1 saturated carbocycles. The van der Waals surface area contributed by atoms with Crippen molar-refractivity contribution in [2.24, 2.45) is 17.6 Å². The number of anilines is 1. The van der Waals surface area contributed by atoms with Gasteiger partial charge in [0, 0.05) is 24.6 Å². The quantitative estimate of drug-likeness (QED) is 0.272. The number of Topliss-reactive ketones (excluding diaryl/α,β-unsaturated/α-hetero) is 2. The number of primary amides is 1. The fourth-order valence-corrected chi connectivity index (χ4v) is 6.66. The minimum Gasteiger partial charge on any atom is -0.508 e. The van der Waals surface area contributed by atoms with Crippen molar-refractivity contribution < 1.29 is 44.7 Å². The highest BCUT2D eigenvalue weighted by molar-refractivity contribution is 6.24. The van der Waals surface area contributed by atoms with Crippen LogP contribution in [0.5, 0.6) is 5.75 Å². The molecule has 1 aromatic carbocycles. The van der Waals surface area contributed by atoms with E-state index in [0.29, 0.717) is 37.6 Å². The Balaban J connectivity index is 1.75. The molecule has 3 aliphatic carbocycles. The van der Waals surface area contributed by atoms with Crippen molar-refractivity contribution in [2.75, 3.05) is 45.3 Å². The number of ketones is 2. The number of ether oxygens (including phenoxy) is 1. The van der Waals surface area contributed by atoms with Crippen LogP contribution in [0.15, 0.2) is 29.0 Å². The molecule has 0 unspecified atom stereocenters. The Kier molecular flexibility index (Phi) is 6.06. The van der Waals surface area contributed by atoms with Gasteiger partial charge in [-0.25, -0.2) is 0 Å². The number of hydrogen-bond donors (Lipinski definition) is 6. The van der Waals surface area contributed by atoms with Gasteiger partial charge in [0.05, 0.1) is 42.5 Å². The molecule has 7 N–H and O–H groups in total. The summed E-state index contributed by atoms with van der Waals surface area (Å²) in [4.78, 5) is 42.5. The number of phenolic OH excluding ortho intramolecular Hbond substituents is 1. The van der Waals surface area contributed by atoms with Crippen LogP contribution in [0.25, 0.3) is 5.76 Å². The van der Waals surface area contributed by atoms with Gasteiger partial charge >= 0.3 is 0 Å². The van der Waals surface area contributed by atoms with Gasteiger partial charge in [-0.3, -0.25) is 19.3 Å². The number of rotatable bonds is 3. The minimum atomic E-state index is -2.93. The van der Waals surface area contributed by atoms with Gasteiger partial charge in [0.15, 0.2) is 11.4 Å². The molecule has 0 bridgehead atoms. The van der Waals surface area contributed by atoms with E-state index >= 15 is 0 Å². The van der Waals surface area contributed by atoms with Gasteiger partial charge < -0.3 is 40.9 Å². The van der Waals surface area contributed by atoms with Gasteiger partial charge in [-0.1, -0.05) is 13.0 Å². The second-order valence-electron chi connectivity index (χ2n) is 10.5. The van der Waals surface area contributed by atoms with Crippen molar-refractivity contribution in [3.8, 4) is 5.75 Å². The van der Waals surface area contributed by atoms with Gasteiger partial charge in [-0.15, -0.1) is 0 Å². The first-order chi connectivity index (χ1) is 17.8. The van der Waals surface area contributed by atoms with Crippen molar-refractivity contribution in [2.45, 2.75) is 30.6 Å². The Morgan fingerprint density at radius 1 is 1.16 bits per heavy atom. The van der Waals surface area contributed by atoms with E-state index in [-0.39, 0.29) is 11.3 Å². The summed E-state index contributed by atoms with van der Waals surface area (Å²) < 4.78 is 5.37. The number of aliphatic hydroxyl groups excluding tert-OH is 3. The molecule has 2 fully saturated rings. The molecule has 0 spiro atoms. The average molecular weight is 530 g/mol. The molecule has 12 heteroatoms. The molecule has 0 aromatic heterocycles. The number of fused-ring (bicyclic) bond motifs is 3. The molecule has 4 aliphatic rings. The van der Waals surface area contributed by atoms with Crippen LogP contribution in [0.3, 0.4) is 0 Å². The standard InChI is InChI=1S/C26H31N3O9/c1-10-11-4-5-12(29-6-8-38-9-7-29)19(30)14(11)20(31)15-13(10)21(32)17-18(28(2)3)22(33)16(25(27)36)24(35)26(17,37)23(15)34/h4-5,10,13,17-18,21,30-32,35,37H,6-9H2,1-3H3,(H2,27,36)/t10-,13+,17+,18-,21-,26+/m1/s1. The number of nitrogens with two attached hydrogens (primary N) is 1. The average Bonchev–Trinajstić information content (AvgIpc) is 2.86. The third-order valence-corrected chi connectivity index (χ3v) is 8.46. The van der Waals surface area contributed by atoms with Crippen LogP contribution >= 0.6 is 0 Å². The summed E-state index contributed by atoms with van der Waals surface area (Å²) in [6.07, 6.45) is -1.62. The summed E-state index contributed by atoms with van der Waals surface area (Å²) in [5, 5.41) is 57.0. The summed E-state index contributed by atoms with van der Waals surface area (Å²) >= 11 is 0. The molecule has 1 aliphatic heterocycles. The first-order valence-corrected chi connectivity index (χ1v) is 12.4. The number of amides is 1. The Morgan fingerprint density at radius 2 is 1.79 bits per heavy atom. The second-order valence-corrected chi connectivity index (χ2v) is 10.5. The van der Waals surface area contributed by atoms with E-state index in [1.165, 1.54) is 19.0 Å². The molecule has 1 aromatic rings. The topological polar surface area (TPSA) is 194 Å². The molecule has 1 heterocycles. The number of aromatic hydroxyl groups is 1. The van der Waals surface area contributed by atoms with Crippen molar-refractivity contribution in [3.05, 3.63) is 40.2 Å². The van der Waals surface area contributed by atoms with Crippen LogP contribution in [0, 0.1) is 11.8 Å². The molecule has 5 rings (SSSR count). The smallest absolute Gasteiger partial charge is 0.255 e. The maximum atomic E-state index is 14.0. The number of benzene rings is 1. The van der Waals surface area contributed by atoms with E-state index < -0.39 is 75.6 Å². The predicted molar refractivity (Wildman–Crippen MR) is 133 cm³/mol. The third-order valence-electron chi connectivity index (χ3n) is 8.46. The number of phenols is 1. The molecule has 6 atom stereocenters. The normalized spacial score (nSPS) is 33.3. The summed E-state index contributed by atoms with van der Waals surface area (Å²) in [5.74, 6) is -8.97. The lowest BCUT2D eigenvalue weighted by atomic mass is 9.54. The molecule has 38 heavy (non-hydrogen) atoms. The van der Waals surface area contributed by atoms with Crippen LogP contribution < -0.4 is 10.6 Å². The molecular weight excluding hydrogens is 498 g/mol. The Morgan fingerprint density at radius 3 is 2.37 bits per heavy atom. The van der Waals surface area contributed by atoms with E-state index in [0.717, 1.165) is 0 Å². The first kappa shape index (κ1) is 26.2. The van der Waals surface area contributed by atoms with E-state index in [2.05, 4.69) is 0 Å². The Bertz CT molecular complexity index is 1310. The molecule has 12 nitrogen and oxygen atoms in total. The molecule has 0 radical (unpaired) electrons. The van der Waals surface area contributed by atoms with Crippen LogP contribution in [0.2, 0.25) is 0 Å². The van der Waals surface area contributed by atoms with Gasteiger partial charge in [0.25, 0.3) is 5.91 Å². The minimum absolute atomic E-state index is 0.0232. The summed E-state index contributed by atoms with van der Waals surface area (Å²) in [6, 6.07) is 2.02. The number of morpholine rings is 1. The summed E-state index contributed by atoms with van der Waals surface area (Å²) in [7, 11) is 2.93. The van der Waals surface area contributed by atoms with Crippen LogP contribution in [0.4, 0.5) is 5.69 Å². The van der Waals surface area contributed by atoms with E-state index in [4.69, 9.17) is 10.5 Å². The zero-order valence-electron chi connectivity index (χ0n) is 21.2. The van der Waals surface area contributed by atoms with Crippen molar-refractivity contribution in [1.82, 2.24) is 4.90 Å². The van der Waals surface area contributed by atoms with Gasteiger partial charge in [-0.05, 0) is 31.6 Å². The number of aliphatic hydroxyl groups is 4. The zero-order valence-corrected chi connectivity index (χ0v) is 21.2. The van der Waals surface area contributed by atoms with Gasteiger partial charge in [0.2, 0.25) is 5.78 Å². The molecule has 1 amide bonds.